The highest BCUT2D eigenvalue weighted by Crippen LogP contribution is 2.14. The molecule has 62 heavy (non-hydrogen) atoms. The van der Waals surface area contributed by atoms with Crippen molar-refractivity contribution >= 4 is 17.9 Å². The molecule has 0 aromatic heterocycles. The first kappa shape index (κ1) is 58.6. The summed E-state index contributed by atoms with van der Waals surface area (Å²) in [5, 5.41) is 0. The van der Waals surface area contributed by atoms with Crippen molar-refractivity contribution in [3.05, 3.63) is 85.1 Å². The zero-order valence-electron chi connectivity index (χ0n) is 40.4. The molecule has 0 aromatic rings. The van der Waals surface area contributed by atoms with E-state index in [-0.39, 0.29) is 37.5 Å². The lowest BCUT2D eigenvalue weighted by atomic mass is 10.1. The van der Waals surface area contributed by atoms with Crippen LogP contribution in [-0.2, 0) is 28.6 Å². The van der Waals surface area contributed by atoms with Gasteiger partial charge in [-0.3, -0.25) is 14.4 Å². The molecule has 6 heteroatoms. The van der Waals surface area contributed by atoms with Crippen molar-refractivity contribution in [1.29, 1.82) is 0 Å². The SMILES string of the molecule is CC\C=C/C=C\C=C/C=C\C=C/CCCCCC(=O)OC(COC(=O)CCCCCCC/C=C\CCCCC)COC(=O)CCCCCCCCC/C=C\CCCCCCCC. The van der Waals surface area contributed by atoms with Crippen LogP contribution in [0.1, 0.15) is 233 Å². The number of hydrogen-bond acceptors (Lipinski definition) is 6. The Labute approximate surface area is 382 Å². The average molecular weight is 863 g/mol. The van der Waals surface area contributed by atoms with Crippen molar-refractivity contribution in [3.63, 3.8) is 0 Å². The minimum atomic E-state index is -0.803. The maximum atomic E-state index is 12.8. The van der Waals surface area contributed by atoms with Gasteiger partial charge in [-0.25, -0.2) is 0 Å². The van der Waals surface area contributed by atoms with Crippen LogP contribution >= 0.6 is 0 Å². The molecule has 0 fully saturated rings. The van der Waals surface area contributed by atoms with Gasteiger partial charge >= 0.3 is 17.9 Å². The Bertz CT molecular complexity index is 1220. The van der Waals surface area contributed by atoms with E-state index in [0.29, 0.717) is 19.3 Å². The van der Waals surface area contributed by atoms with E-state index >= 15 is 0 Å². The van der Waals surface area contributed by atoms with Crippen LogP contribution < -0.4 is 0 Å². The van der Waals surface area contributed by atoms with Gasteiger partial charge in [-0.15, -0.1) is 0 Å². The van der Waals surface area contributed by atoms with Crippen molar-refractivity contribution < 1.29 is 28.6 Å². The van der Waals surface area contributed by atoms with Crippen LogP contribution in [0.25, 0.3) is 0 Å². The molecule has 354 valence electrons. The van der Waals surface area contributed by atoms with Gasteiger partial charge in [-0.1, -0.05) is 209 Å². The summed E-state index contributed by atoms with van der Waals surface area (Å²) >= 11 is 0. The van der Waals surface area contributed by atoms with Crippen LogP contribution in [0.4, 0.5) is 0 Å². The van der Waals surface area contributed by atoms with E-state index in [2.05, 4.69) is 57.2 Å². The molecule has 0 aliphatic rings. The summed E-state index contributed by atoms with van der Waals surface area (Å²) in [5.41, 5.74) is 0. The van der Waals surface area contributed by atoms with Gasteiger partial charge in [0.05, 0.1) is 0 Å². The number of rotatable bonds is 45. The fraction of sp³-hybridized carbons (Fsp3) is 0.696. The van der Waals surface area contributed by atoms with Gasteiger partial charge in [-0.2, -0.15) is 0 Å². The lowest BCUT2D eigenvalue weighted by molar-refractivity contribution is -0.167. The number of esters is 3. The van der Waals surface area contributed by atoms with Gasteiger partial charge in [-0.05, 0) is 89.9 Å². The Hall–Kier alpha value is -3.41. The molecule has 0 rings (SSSR count). The maximum Gasteiger partial charge on any atom is 0.306 e. The van der Waals surface area contributed by atoms with E-state index in [1.165, 1.54) is 109 Å². The second-order valence-electron chi connectivity index (χ2n) is 16.8. The molecule has 0 aromatic carbocycles. The van der Waals surface area contributed by atoms with E-state index in [9.17, 15) is 14.4 Å². The van der Waals surface area contributed by atoms with Crippen molar-refractivity contribution in [2.75, 3.05) is 13.2 Å². The van der Waals surface area contributed by atoms with E-state index in [4.69, 9.17) is 14.2 Å². The van der Waals surface area contributed by atoms with Crippen molar-refractivity contribution in [1.82, 2.24) is 0 Å². The highest BCUT2D eigenvalue weighted by Gasteiger charge is 2.19. The molecule has 1 atom stereocenters. The molecule has 0 aliphatic carbocycles. The highest BCUT2D eigenvalue weighted by atomic mass is 16.6. The number of ether oxygens (including phenoxy) is 3. The molecule has 0 radical (unpaired) electrons. The Morgan fingerprint density at radius 3 is 1.08 bits per heavy atom. The molecule has 6 nitrogen and oxygen atoms in total. The van der Waals surface area contributed by atoms with Crippen LogP contribution in [0.3, 0.4) is 0 Å². The summed E-state index contributed by atoms with van der Waals surface area (Å²) in [6.45, 7) is 6.41. The summed E-state index contributed by atoms with van der Waals surface area (Å²) in [4.78, 5) is 37.9. The molecule has 0 amide bonds. The molecule has 0 aliphatic heterocycles. The third-order valence-electron chi connectivity index (χ3n) is 10.7. The lowest BCUT2D eigenvalue weighted by Gasteiger charge is -2.18. The smallest absolute Gasteiger partial charge is 0.306 e. The van der Waals surface area contributed by atoms with E-state index in [1.54, 1.807) is 0 Å². The monoisotopic (exact) mass is 863 g/mol. The Kier molecular flexibility index (Phi) is 47.5. The van der Waals surface area contributed by atoms with Gasteiger partial charge in [0.1, 0.15) is 13.2 Å². The van der Waals surface area contributed by atoms with E-state index < -0.39 is 6.10 Å². The minimum absolute atomic E-state index is 0.0992. The van der Waals surface area contributed by atoms with Crippen LogP contribution in [-0.4, -0.2) is 37.2 Å². The molecular weight excluding hydrogens is 769 g/mol. The molecule has 0 N–H and O–H groups in total. The number of allylic oxidation sites excluding steroid dienone is 14. The van der Waals surface area contributed by atoms with Gasteiger partial charge in [0.15, 0.2) is 6.10 Å². The maximum absolute atomic E-state index is 12.8. The van der Waals surface area contributed by atoms with Gasteiger partial charge in [0.25, 0.3) is 0 Å². The second kappa shape index (κ2) is 50.2. The predicted octanol–water partition coefficient (Wildman–Crippen LogP) is 16.8. The molecule has 0 bridgehead atoms. The minimum Gasteiger partial charge on any atom is -0.462 e. The second-order valence-corrected chi connectivity index (χ2v) is 16.8. The third-order valence-corrected chi connectivity index (χ3v) is 10.7. The van der Waals surface area contributed by atoms with Crippen LogP contribution in [0.5, 0.6) is 0 Å². The molecule has 0 saturated heterocycles. The average Bonchev–Trinajstić information content (AvgIpc) is 3.27. The number of carbonyl (C=O) groups is 3. The van der Waals surface area contributed by atoms with Crippen molar-refractivity contribution in [2.45, 2.75) is 239 Å². The van der Waals surface area contributed by atoms with Crippen LogP contribution in [0, 0.1) is 0 Å². The van der Waals surface area contributed by atoms with Crippen LogP contribution in [0.15, 0.2) is 85.1 Å². The summed E-state index contributed by atoms with van der Waals surface area (Å²) in [7, 11) is 0. The third kappa shape index (κ3) is 47.6. The summed E-state index contributed by atoms with van der Waals surface area (Å²) in [6, 6.07) is 0. The number of unbranched alkanes of at least 4 members (excludes halogenated alkanes) is 24. The van der Waals surface area contributed by atoms with Gasteiger partial charge < -0.3 is 14.2 Å². The first-order valence-corrected chi connectivity index (χ1v) is 25.7. The first-order valence-electron chi connectivity index (χ1n) is 25.7. The largest absolute Gasteiger partial charge is 0.462 e. The topological polar surface area (TPSA) is 78.9 Å². The van der Waals surface area contributed by atoms with Gasteiger partial charge in [0.2, 0.25) is 0 Å². The highest BCUT2D eigenvalue weighted by molar-refractivity contribution is 5.71. The molecule has 1 unspecified atom stereocenters. The van der Waals surface area contributed by atoms with Crippen molar-refractivity contribution in [3.8, 4) is 0 Å². The summed E-state index contributed by atoms with van der Waals surface area (Å²) in [5.74, 6) is -0.956. The zero-order chi connectivity index (χ0) is 45.1. The van der Waals surface area contributed by atoms with E-state index in [1.807, 2.05) is 48.6 Å². The van der Waals surface area contributed by atoms with Crippen LogP contribution in [0.2, 0.25) is 0 Å². The number of hydrogen-bond donors (Lipinski definition) is 0. The molecule has 0 saturated carbocycles. The number of carbonyl (C=O) groups excluding carboxylic acids is 3. The van der Waals surface area contributed by atoms with Crippen molar-refractivity contribution in [2.24, 2.45) is 0 Å². The summed E-state index contributed by atoms with van der Waals surface area (Å²) < 4.78 is 16.7. The molecule has 0 heterocycles. The zero-order valence-corrected chi connectivity index (χ0v) is 40.4. The molecular formula is C56H94O6. The normalized spacial score (nSPS) is 12.8. The quantitative estimate of drug-likeness (QED) is 0.0199. The Balaban J connectivity index is 4.46. The fourth-order valence-electron chi connectivity index (χ4n) is 6.86. The van der Waals surface area contributed by atoms with E-state index in [0.717, 1.165) is 77.0 Å². The standard InChI is InChI=1S/C56H94O6/c1-4-7-10-13-16-19-22-25-27-28-30-31-34-37-40-43-46-49-55(58)61-52-53(51-60-54(57)48-45-42-39-36-33-24-21-18-15-12-9-6-3)62-56(59)50-47-44-41-38-35-32-29-26-23-20-17-14-11-8-5-2/h8,11,14,17-18,20-21,23,25-27,29,32,35,53H,4-7,9-10,12-13,15-16,19,22,24,28,30-31,33-34,36-52H2,1-3H3/b11-8-,17-14-,21-18-,23-20-,27-25-,29-26-,35-32-. The Morgan fingerprint density at radius 1 is 0.339 bits per heavy atom. The molecule has 0 spiro atoms. The Morgan fingerprint density at radius 2 is 0.645 bits per heavy atom. The summed E-state index contributed by atoms with van der Waals surface area (Å²) in [6.07, 6.45) is 64.2. The lowest BCUT2D eigenvalue weighted by Crippen LogP contribution is -2.30. The van der Waals surface area contributed by atoms with Gasteiger partial charge in [0, 0.05) is 19.3 Å². The predicted molar refractivity (Wildman–Crippen MR) is 265 cm³/mol. The first-order chi connectivity index (χ1) is 30.5. The fourth-order valence-corrected chi connectivity index (χ4v) is 6.86.